The van der Waals surface area contributed by atoms with Gasteiger partial charge in [-0.15, -0.1) is 0 Å². The SMILES string of the molecule is COc1ccc(C2CCN(Sc3ccc(C(=O)NCC(=O)O)nc3)CC2)cn1. The molecule has 28 heavy (non-hydrogen) atoms. The summed E-state index contributed by atoms with van der Waals surface area (Å²) >= 11 is 1.62. The van der Waals surface area contributed by atoms with E-state index >= 15 is 0 Å². The molecular weight excluding hydrogens is 380 g/mol. The van der Waals surface area contributed by atoms with Gasteiger partial charge in [0, 0.05) is 36.4 Å². The summed E-state index contributed by atoms with van der Waals surface area (Å²) in [5.74, 6) is -0.458. The Bertz CT molecular complexity index is 806. The van der Waals surface area contributed by atoms with Crippen molar-refractivity contribution in [3.63, 3.8) is 0 Å². The van der Waals surface area contributed by atoms with Crippen molar-refractivity contribution in [3.8, 4) is 5.88 Å². The second-order valence-electron chi connectivity index (χ2n) is 6.38. The van der Waals surface area contributed by atoms with E-state index in [0.717, 1.165) is 30.8 Å². The smallest absolute Gasteiger partial charge is 0.322 e. The van der Waals surface area contributed by atoms with Crippen molar-refractivity contribution in [3.05, 3.63) is 47.9 Å². The van der Waals surface area contributed by atoms with Gasteiger partial charge in [0.1, 0.15) is 12.2 Å². The van der Waals surface area contributed by atoms with E-state index in [9.17, 15) is 9.59 Å². The molecule has 0 aliphatic carbocycles. The lowest BCUT2D eigenvalue weighted by molar-refractivity contribution is -0.135. The zero-order chi connectivity index (χ0) is 19.9. The highest BCUT2D eigenvalue weighted by Gasteiger charge is 2.22. The summed E-state index contributed by atoms with van der Waals surface area (Å²) in [6, 6.07) is 7.41. The van der Waals surface area contributed by atoms with Crippen molar-refractivity contribution >= 4 is 23.8 Å². The van der Waals surface area contributed by atoms with Crippen LogP contribution < -0.4 is 10.1 Å². The van der Waals surface area contributed by atoms with E-state index in [-0.39, 0.29) is 5.69 Å². The minimum absolute atomic E-state index is 0.205. The highest BCUT2D eigenvalue weighted by Crippen LogP contribution is 2.33. The topological polar surface area (TPSA) is 105 Å². The molecule has 1 saturated heterocycles. The number of methoxy groups -OCH3 is 1. The molecule has 8 nitrogen and oxygen atoms in total. The molecule has 1 fully saturated rings. The minimum Gasteiger partial charge on any atom is -0.481 e. The van der Waals surface area contributed by atoms with E-state index in [4.69, 9.17) is 9.84 Å². The number of piperidine rings is 1. The Hall–Kier alpha value is -2.65. The Labute approximate surface area is 167 Å². The summed E-state index contributed by atoms with van der Waals surface area (Å²) in [4.78, 5) is 31.7. The van der Waals surface area contributed by atoms with E-state index in [1.807, 2.05) is 18.3 Å². The molecule has 2 aromatic rings. The third kappa shape index (κ3) is 5.43. The summed E-state index contributed by atoms with van der Waals surface area (Å²) in [5.41, 5.74) is 1.44. The van der Waals surface area contributed by atoms with Gasteiger partial charge < -0.3 is 15.2 Å². The predicted octanol–water partition coefficient (Wildman–Crippen LogP) is 2.19. The molecule has 3 rings (SSSR count). The van der Waals surface area contributed by atoms with Crippen LogP contribution in [0, 0.1) is 0 Å². The van der Waals surface area contributed by atoms with Crippen LogP contribution in [0.5, 0.6) is 5.88 Å². The number of carboxylic acid groups (broad SMARTS) is 1. The first-order valence-corrected chi connectivity index (χ1v) is 9.71. The van der Waals surface area contributed by atoms with Crippen LogP contribution in [0.2, 0.25) is 0 Å². The second-order valence-corrected chi connectivity index (χ2v) is 7.55. The summed E-state index contributed by atoms with van der Waals surface area (Å²) < 4.78 is 7.39. The number of carbonyl (C=O) groups excluding carboxylic acids is 1. The number of hydrogen-bond donors (Lipinski definition) is 2. The van der Waals surface area contributed by atoms with Crippen LogP contribution >= 0.6 is 11.9 Å². The molecule has 148 valence electrons. The van der Waals surface area contributed by atoms with E-state index in [2.05, 4.69) is 25.7 Å². The molecule has 0 bridgehead atoms. The van der Waals surface area contributed by atoms with Crippen molar-refractivity contribution < 1.29 is 19.4 Å². The molecule has 0 unspecified atom stereocenters. The normalized spacial score (nSPS) is 15.2. The van der Waals surface area contributed by atoms with Gasteiger partial charge in [0.2, 0.25) is 5.88 Å². The summed E-state index contributed by atoms with van der Waals surface area (Å²) in [6.07, 6.45) is 5.62. The molecule has 0 atom stereocenters. The first kappa shape index (κ1) is 20.1. The minimum atomic E-state index is -1.09. The van der Waals surface area contributed by atoms with Crippen LogP contribution in [0.25, 0.3) is 0 Å². The number of aromatic nitrogens is 2. The molecule has 9 heteroatoms. The fraction of sp³-hybridized carbons (Fsp3) is 0.368. The van der Waals surface area contributed by atoms with Gasteiger partial charge in [0.25, 0.3) is 5.91 Å². The van der Waals surface area contributed by atoms with Gasteiger partial charge in [0.15, 0.2) is 0 Å². The second kappa shape index (κ2) is 9.52. The Kier molecular flexibility index (Phi) is 6.83. The third-order valence-electron chi connectivity index (χ3n) is 4.50. The summed E-state index contributed by atoms with van der Waals surface area (Å²) in [5, 5.41) is 10.9. The van der Waals surface area contributed by atoms with E-state index in [1.165, 1.54) is 5.56 Å². The van der Waals surface area contributed by atoms with Gasteiger partial charge in [-0.1, -0.05) is 6.07 Å². The molecule has 0 radical (unpaired) electrons. The average molecular weight is 402 g/mol. The van der Waals surface area contributed by atoms with Gasteiger partial charge in [-0.05, 0) is 48.4 Å². The predicted molar refractivity (Wildman–Crippen MR) is 104 cm³/mol. The van der Waals surface area contributed by atoms with Crippen molar-refractivity contribution in [2.24, 2.45) is 0 Å². The number of carbonyl (C=O) groups is 2. The van der Waals surface area contributed by atoms with Crippen LogP contribution in [0.15, 0.2) is 41.6 Å². The molecule has 2 N–H and O–H groups in total. The Morgan fingerprint density at radius 1 is 1.21 bits per heavy atom. The molecule has 0 saturated carbocycles. The number of nitrogens with one attached hydrogen (secondary N) is 1. The van der Waals surface area contributed by atoms with Crippen LogP contribution in [0.3, 0.4) is 0 Å². The van der Waals surface area contributed by atoms with Crippen LogP contribution in [0.4, 0.5) is 0 Å². The number of ether oxygens (including phenoxy) is 1. The molecule has 2 aromatic heterocycles. The van der Waals surface area contributed by atoms with Crippen molar-refractivity contribution in [2.45, 2.75) is 23.7 Å². The Morgan fingerprint density at radius 3 is 2.57 bits per heavy atom. The summed E-state index contributed by atoms with van der Waals surface area (Å²) in [6.45, 7) is 1.47. The zero-order valence-electron chi connectivity index (χ0n) is 15.5. The fourth-order valence-corrected chi connectivity index (χ4v) is 3.92. The number of aliphatic carboxylic acids is 1. The maximum absolute atomic E-state index is 11.8. The highest BCUT2D eigenvalue weighted by molar-refractivity contribution is 7.97. The molecule has 0 spiro atoms. The maximum Gasteiger partial charge on any atom is 0.322 e. The van der Waals surface area contributed by atoms with Crippen molar-refractivity contribution in [2.75, 3.05) is 26.7 Å². The average Bonchev–Trinajstić information content (AvgIpc) is 2.73. The molecule has 3 heterocycles. The zero-order valence-corrected chi connectivity index (χ0v) is 16.3. The quantitative estimate of drug-likeness (QED) is 0.679. The monoisotopic (exact) mass is 402 g/mol. The van der Waals surface area contributed by atoms with E-state index in [1.54, 1.807) is 31.3 Å². The van der Waals surface area contributed by atoms with Gasteiger partial charge in [-0.3, -0.25) is 9.59 Å². The lowest BCUT2D eigenvalue weighted by atomic mass is 9.91. The van der Waals surface area contributed by atoms with Crippen LogP contribution in [0.1, 0.15) is 34.8 Å². The standard InChI is InChI=1S/C19H22N4O4S/c1-27-17-5-2-14(10-21-17)13-6-8-23(9-7-13)28-15-3-4-16(20-11-15)19(26)22-12-18(24)25/h2-5,10-11,13H,6-9,12H2,1H3,(H,22,26)(H,24,25). The molecule has 0 aromatic carbocycles. The maximum atomic E-state index is 11.8. The summed E-state index contributed by atoms with van der Waals surface area (Å²) in [7, 11) is 1.61. The third-order valence-corrected chi connectivity index (χ3v) is 5.57. The first-order chi connectivity index (χ1) is 13.5. The number of nitrogens with zero attached hydrogens (tertiary/aromatic N) is 3. The largest absolute Gasteiger partial charge is 0.481 e. The first-order valence-electron chi connectivity index (χ1n) is 8.94. The molecule has 1 amide bonds. The molecule has 1 aliphatic rings. The van der Waals surface area contributed by atoms with Gasteiger partial charge in [-0.2, -0.15) is 0 Å². The Balaban J connectivity index is 1.49. The number of carboxylic acids is 1. The van der Waals surface area contributed by atoms with Crippen LogP contribution in [-0.4, -0.2) is 58.0 Å². The van der Waals surface area contributed by atoms with Crippen molar-refractivity contribution in [1.29, 1.82) is 0 Å². The van der Waals surface area contributed by atoms with Gasteiger partial charge in [-0.25, -0.2) is 14.3 Å². The Morgan fingerprint density at radius 2 is 2.00 bits per heavy atom. The molecule has 1 aliphatic heterocycles. The number of rotatable bonds is 7. The number of hydrogen-bond acceptors (Lipinski definition) is 7. The lowest BCUT2D eigenvalue weighted by Crippen LogP contribution is -2.29. The van der Waals surface area contributed by atoms with E-state index in [0.29, 0.717) is 11.8 Å². The van der Waals surface area contributed by atoms with Gasteiger partial charge >= 0.3 is 5.97 Å². The fourth-order valence-electron chi connectivity index (χ4n) is 3.00. The van der Waals surface area contributed by atoms with E-state index < -0.39 is 18.4 Å². The lowest BCUT2D eigenvalue weighted by Gasteiger charge is -2.31. The highest BCUT2D eigenvalue weighted by atomic mass is 32.2. The van der Waals surface area contributed by atoms with Gasteiger partial charge in [0.05, 0.1) is 7.11 Å². The number of amides is 1. The van der Waals surface area contributed by atoms with Crippen LogP contribution in [-0.2, 0) is 4.79 Å². The molecular formula is C19H22N4O4S. The van der Waals surface area contributed by atoms with Crippen molar-refractivity contribution in [1.82, 2.24) is 19.6 Å². The number of pyridine rings is 2.